The van der Waals surface area contributed by atoms with Gasteiger partial charge in [-0.1, -0.05) is 5.21 Å². The molecule has 0 radical (unpaired) electrons. The van der Waals surface area contributed by atoms with Crippen molar-refractivity contribution in [3.8, 4) is 0 Å². The van der Waals surface area contributed by atoms with E-state index in [0.717, 1.165) is 19.4 Å². The molecule has 2 heterocycles. The average molecular weight is 237 g/mol. The van der Waals surface area contributed by atoms with Crippen molar-refractivity contribution in [1.82, 2.24) is 15.0 Å². The first-order valence-corrected chi connectivity index (χ1v) is 5.86. The second-order valence-corrected chi connectivity index (χ2v) is 4.76. The summed E-state index contributed by atoms with van der Waals surface area (Å²) in [6.07, 6.45) is 3.51. The third-order valence-electron chi connectivity index (χ3n) is 3.36. The standard InChI is InChI=1S/C11H15N3O3/c1-8(15)10-7-14(13-12-10)6-9-4-11(5-9)16-2-3-17-11/h7,9H,2-6H2,1H3. The molecular weight excluding hydrogens is 222 g/mol. The first kappa shape index (κ1) is 10.9. The Labute approximate surface area is 98.9 Å². The van der Waals surface area contributed by atoms with E-state index >= 15 is 0 Å². The van der Waals surface area contributed by atoms with Gasteiger partial charge in [0.15, 0.2) is 11.6 Å². The van der Waals surface area contributed by atoms with Gasteiger partial charge in [-0.15, -0.1) is 5.10 Å². The van der Waals surface area contributed by atoms with Crippen LogP contribution in [0.15, 0.2) is 6.20 Å². The zero-order valence-electron chi connectivity index (χ0n) is 9.76. The summed E-state index contributed by atoms with van der Waals surface area (Å²) in [5.41, 5.74) is 0.424. The number of nitrogens with zero attached hydrogens (tertiary/aromatic N) is 3. The predicted octanol–water partition coefficient (Wildman–Crippen LogP) is 0.634. The highest BCUT2D eigenvalue weighted by atomic mass is 16.7. The van der Waals surface area contributed by atoms with Crippen molar-refractivity contribution in [1.29, 1.82) is 0 Å². The molecule has 0 bridgehead atoms. The van der Waals surface area contributed by atoms with Crippen molar-refractivity contribution in [2.24, 2.45) is 5.92 Å². The Morgan fingerprint density at radius 2 is 2.24 bits per heavy atom. The van der Waals surface area contributed by atoms with Gasteiger partial charge in [0.2, 0.25) is 0 Å². The largest absolute Gasteiger partial charge is 0.348 e. The molecule has 17 heavy (non-hydrogen) atoms. The highest BCUT2D eigenvalue weighted by Crippen LogP contribution is 2.44. The van der Waals surface area contributed by atoms with E-state index in [-0.39, 0.29) is 11.6 Å². The van der Waals surface area contributed by atoms with Crippen LogP contribution >= 0.6 is 0 Å². The van der Waals surface area contributed by atoms with Crippen LogP contribution in [0.2, 0.25) is 0 Å². The fourth-order valence-corrected chi connectivity index (χ4v) is 2.50. The lowest BCUT2D eigenvalue weighted by Crippen LogP contribution is -2.46. The third kappa shape index (κ3) is 1.98. The molecular formula is C11H15N3O3. The Balaban J connectivity index is 1.56. The second kappa shape index (κ2) is 3.89. The molecule has 2 fully saturated rings. The van der Waals surface area contributed by atoms with Crippen molar-refractivity contribution in [2.45, 2.75) is 32.1 Å². The lowest BCUT2D eigenvalue weighted by Gasteiger charge is -2.42. The molecule has 1 aromatic heterocycles. The van der Waals surface area contributed by atoms with Crippen LogP contribution in [-0.4, -0.2) is 39.8 Å². The number of ether oxygens (including phenoxy) is 2. The van der Waals surface area contributed by atoms with Gasteiger partial charge in [-0.3, -0.25) is 9.48 Å². The zero-order chi connectivity index (χ0) is 11.9. The SMILES string of the molecule is CC(=O)c1cn(CC2CC3(C2)OCCO3)nn1. The van der Waals surface area contributed by atoms with Crippen LogP contribution in [0.1, 0.15) is 30.3 Å². The van der Waals surface area contributed by atoms with Crippen LogP contribution in [0.25, 0.3) is 0 Å². The summed E-state index contributed by atoms with van der Waals surface area (Å²) >= 11 is 0. The van der Waals surface area contributed by atoms with Gasteiger partial charge in [-0.25, -0.2) is 0 Å². The van der Waals surface area contributed by atoms with Crippen molar-refractivity contribution in [3.63, 3.8) is 0 Å². The van der Waals surface area contributed by atoms with E-state index in [4.69, 9.17) is 9.47 Å². The number of aromatic nitrogens is 3. The summed E-state index contributed by atoms with van der Waals surface area (Å²) < 4.78 is 12.9. The molecule has 92 valence electrons. The quantitative estimate of drug-likeness (QED) is 0.721. The molecule has 0 amide bonds. The average Bonchev–Trinajstić information content (AvgIpc) is 2.85. The molecule has 0 N–H and O–H groups in total. The van der Waals surface area contributed by atoms with Crippen LogP contribution < -0.4 is 0 Å². The van der Waals surface area contributed by atoms with Crippen molar-refractivity contribution in [2.75, 3.05) is 13.2 Å². The van der Waals surface area contributed by atoms with Gasteiger partial charge in [0.25, 0.3) is 0 Å². The molecule has 0 unspecified atom stereocenters. The Hall–Kier alpha value is -1.27. The van der Waals surface area contributed by atoms with Crippen LogP contribution in [0.5, 0.6) is 0 Å². The third-order valence-corrected chi connectivity index (χ3v) is 3.36. The van der Waals surface area contributed by atoms with E-state index in [1.807, 2.05) is 0 Å². The number of carbonyl (C=O) groups is 1. The molecule has 2 aliphatic rings. The maximum Gasteiger partial charge on any atom is 0.181 e. The van der Waals surface area contributed by atoms with Gasteiger partial charge in [0.1, 0.15) is 5.69 Å². The summed E-state index contributed by atoms with van der Waals surface area (Å²) in [5.74, 6) is 0.132. The summed E-state index contributed by atoms with van der Waals surface area (Å²) in [6.45, 7) is 3.66. The first-order chi connectivity index (χ1) is 8.17. The monoisotopic (exact) mass is 237 g/mol. The number of rotatable bonds is 3. The van der Waals surface area contributed by atoms with E-state index in [9.17, 15) is 4.79 Å². The minimum Gasteiger partial charge on any atom is -0.348 e. The summed E-state index contributed by atoms with van der Waals surface area (Å²) in [4.78, 5) is 11.1. The molecule has 1 aromatic rings. The van der Waals surface area contributed by atoms with Crippen LogP contribution in [0, 0.1) is 5.92 Å². The van der Waals surface area contributed by atoms with Crippen molar-refractivity contribution < 1.29 is 14.3 Å². The molecule has 3 rings (SSSR count). The topological polar surface area (TPSA) is 66.2 Å². The van der Waals surface area contributed by atoms with Gasteiger partial charge in [-0.2, -0.15) is 0 Å². The molecule has 6 heteroatoms. The molecule has 0 atom stereocenters. The molecule has 1 aliphatic heterocycles. The van der Waals surface area contributed by atoms with E-state index in [1.165, 1.54) is 6.92 Å². The van der Waals surface area contributed by atoms with Crippen LogP contribution in [0.3, 0.4) is 0 Å². The van der Waals surface area contributed by atoms with E-state index < -0.39 is 0 Å². The Morgan fingerprint density at radius 3 is 2.82 bits per heavy atom. The van der Waals surface area contributed by atoms with Gasteiger partial charge >= 0.3 is 0 Å². The molecule has 1 saturated heterocycles. The second-order valence-electron chi connectivity index (χ2n) is 4.76. The summed E-state index contributed by atoms with van der Waals surface area (Å²) in [5, 5.41) is 7.76. The Kier molecular flexibility index (Phi) is 2.48. The van der Waals surface area contributed by atoms with Crippen LogP contribution in [-0.2, 0) is 16.0 Å². The minimum atomic E-state index is -0.311. The maximum absolute atomic E-state index is 11.1. The van der Waals surface area contributed by atoms with Gasteiger partial charge < -0.3 is 9.47 Å². The molecule has 1 aliphatic carbocycles. The predicted molar refractivity (Wildman–Crippen MR) is 57.4 cm³/mol. The van der Waals surface area contributed by atoms with Crippen molar-refractivity contribution >= 4 is 5.78 Å². The minimum absolute atomic E-state index is 0.0520. The number of carbonyl (C=O) groups excluding carboxylic acids is 1. The van der Waals surface area contributed by atoms with Gasteiger partial charge in [0, 0.05) is 26.3 Å². The molecule has 0 aromatic carbocycles. The summed E-state index contributed by atoms with van der Waals surface area (Å²) in [7, 11) is 0. The molecule has 1 spiro atoms. The summed E-state index contributed by atoms with van der Waals surface area (Å²) in [6, 6.07) is 0. The number of hydrogen-bond donors (Lipinski definition) is 0. The number of Topliss-reactive ketones (excluding diaryl/α,β-unsaturated/α-hetero) is 1. The normalized spacial score (nSPS) is 22.9. The fourth-order valence-electron chi connectivity index (χ4n) is 2.50. The first-order valence-electron chi connectivity index (χ1n) is 5.86. The number of hydrogen-bond acceptors (Lipinski definition) is 5. The Morgan fingerprint density at radius 1 is 1.53 bits per heavy atom. The van der Waals surface area contributed by atoms with E-state index in [0.29, 0.717) is 24.8 Å². The maximum atomic E-state index is 11.1. The van der Waals surface area contributed by atoms with E-state index in [1.54, 1.807) is 10.9 Å². The zero-order valence-corrected chi connectivity index (χ0v) is 9.76. The number of ketones is 1. The van der Waals surface area contributed by atoms with Crippen LogP contribution in [0.4, 0.5) is 0 Å². The Bertz CT molecular complexity index is 429. The fraction of sp³-hybridized carbons (Fsp3) is 0.727. The molecule has 1 saturated carbocycles. The lowest BCUT2D eigenvalue weighted by atomic mass is 9.79. The highest BCUT2D eigenvalue weighted by molar-refractivity contribution is 5.91. The van der Waals surface area contributed by atoms with Gasteiger partial charge in [-0.05, 0) is 5.92 Å². The smallest absolute Gasteiger partial charge is 0.181 e. The molecule has 6 nitrogen and oxygen atoms in total. The lowest BCUT2D eigenvalue weighted by molar-refractivity contribution is -0.232. The van der Waals surface area contributed by atoms with E-state index in [2.05, 4.69) is 10.3 Å². The van der Waals surface area contributed by atoms with Crippen molar-refractivity contribution in [3.05, 3.63) is 11.9 Å². The highest BCUT2D eigenvalue weighted by Gasteiger charge is 2.49. The van der Waals surface area contributed by atoms with Gasteiger partial charge in [0.05, 0.1) is 19.4 Å².